The van der Waals surface area contributed by atoms with Crippen LogP contribution >= 0.6 is 0 Å². The van der Waals surface area contributed by atoms with Gasteiger partial charge in [0.2, 0.25) is 0 Å². The van der Waals surface area contributed by atoms with Crippen molar-refractivity contribution in [1.29, 1.82) is 0 Å². The summed E-state index contributed by atoms with van der Waals surface area (Å²) in [5.74, 6) is -0.222. The molecular weight excluding hydrogens is 127 g/mol. The van der Waals surface area contributed by atoms with Crippen LogP contribution < -0.4 is 0 Å². The van der Waals surface area contributed by atoms with Crippen LogP contribution in [0.25, 0.3) is 0 Å². The molecule has 0 aromatic rings. The summed E-state index contributed by atoms with van der Waals surface area (Å²) in [5.41, 5.74) is 0.706. The highest BCUT2D eigenvalue weighted by Crippen LogP contribution is 2.11. The molecule has 0 aromatic heterocycles. The number of halogens is 1. The van der Waals surface area contributed by atoms with Crippen molar-refractivity contribution in [3.8, 4) is 0 Å². The minimum Gasteiger partial charge on any atom is -0.207 e. The summed E-state index contributed by atoms with van der Waals surface area (Å²) < 4.78 is 12.7. The molecule has 0 spiro atoms. The second-order valence-corrected chi connectivity index (χ2v) is 1.93. The molecule has 1 heteroatoms. The van der Waals surface area contributed by atoms with E-state index in [1.165, 1.54) is 6.08 Å². The predicted molar refractivity (Wildman–Crippen MR) is 43.4 cm³/mol. The van der Waals surface area contributed by atoms with Crippen LogP contribution in [0.1, 0.15) is 20.3 Å². The van der Waals surface area contributed by atoms with Gasteiger partial charge in [-0.2, -0.15) is 0 Å². The molecule has 0 unspecified atom stereocenters. The van der Waals surface area contributed by atoms with E-state index in [1.807, 2.05) is 19.9 Å². The standard InChI is InChI=1S/C9H13F/c1-4-7-8(5-2)9(10)6-3/h4,6-7H,3,5H2,1-2H3. The molecule has 56 valence electrons. The van der Waals surface area contributed by atoms with Crippen LogP contribution in [0.4, 0.5) is 4.39 Å². The average molecular weight is 140 g/mol. The lowest BCUT2D eigenvalue weighted by atomic mass is 10.1. The lowest BCUT2D eigenvalue weighted by Gasteiger charge is -1.95. The summed E-state index contributed by atoms with van der Waals surface area (Å²) in [5, 5.41) is 0. The molecule has 0 N–H and O–H groups in total. The molecular formula is C9H13F. The van der Waals surface area contributed by atoms with Crippen molar-refractivity contribution < 1.29 is 4.39 Å². The minimum absolute atomic E-state index is 0.222. The van der Waals surface area contributed by atoms with E-state index in [-0.39, 0.29) is 5.83 Å². The Labute approximate surface area is 61.8 Å². The largest absolute Gasteiger partial charge is 0.207 e. The van der Waals surface area contributed by atoms with E-state index in [1.54, 1.807) is 6.08 Å². The molecule has 0 amide bonds. The maximum Gasteiger partial charge on any atom is 0.125 e. The fourth-order valence-electron chi connectivity index (χ4n) is 0.699. The zero-order valence-electron chi connectivity index (χ0n) is 6.52. The van der Waals surface area contributed by atoms with Crippen LogP contribution in [0, 0.1) is 0 Å². The van der Waals surface area contributed by atoms with Crippen molar-refractivity contribution >= 4 is 0 Å². The number of rotatable bonds is 3. The van der Waals surface area contributed by atoms with Crippen molar-refractivity contribution in [3.05, 3.63) is 36.2 Å². The molecule has 0 saturated heterocycles. The Kier molecular flexibility index (Phi) is 4.55. The van der Waals surface area contributed by atoms with E-state index in [9.17, 15) is 4.39 Å². The Balaban J connectivity index is 4.44. The molecule has 0 heterocycles. The lowest BCUT2D eigenvalue weighted by molar-refractivity contribution is 0.653. The van der Waals surface area contributed by atoms with E-state index in [0.717, 1.165) is 0 Å². The monoisotopic (exact) mass is 140 g/mol. The zero-order chi connectivity index (χ0) is 7.98. The number of allylic oxidation sites excluding steroid dienone is 5. The van der Waals surface area contributed by atoms with E-state index in [0.29, 0.717) is 12.0 Å². The van der Waals surface area contributed by atoms with Gasteiger partial charge < -0.3 is 0 Å². The first-order valence-electron chi connectivity index (χ1n) is 3.40. The van der Waals surface area contributed by atoms with Crippen LogP contribution in [0.2, 0.25) is 0 Å². The van der Waals surface area contributed by atoms with Crippen LogP contribution in [0.3, 0.4) is 0 Å². The topological polar surface area (TPSA) is 0 Å². The summed E-state index contributed by atoms with van der Waals surface area (Å²) >= 11 is 0. The Bertz CT molecular complexity index is 164. The van der Waals surface area contributed by atoms with Gasteiger partial charge in [-0.3, -0.25) is 0 Å². The normalized spacial score (nSPS) is 13.5. The zero-order valence-corrected chi connectivity index (χ0v) is 6.52. The average Bonchev–Trinajstić information content (AvgIpc) is 1.99. The van der Waals surface area contributed by atoms with Crippen LogP contribution in [0.5, 0.6) is 0 Å². The Morgan fingerprint density at radius 2 is 2.20 bits per heavy atom. The molecule has 0 nitrogen and oxygen atoms in total. The maximum absolute atomic E-state index is 12.7. The molecule has 0 aliphatic rings. The first-order valence-corrected chi connectivity index (χ1v) is 3.40. The van der Waals surface area contributed by atoms with Gasteiger partial charge >= 0.3 is 0 Å². The minimum atomic E-state index is -0.222. The van der Waals surface area contributed by atoms with Gasteiger partial charge in [0.25, 0.3) is 0 Å². The van der Waals surface area contributed by atoms with Crippen LogP contribution in [0.15, 0.2) is 36.2 Å². The molecule has 10 heavy (non-hydrogen) atoms. The third kappa shape index (κ3) is 2.62. The quantitative estimate of drug-likeness (QED) is 0.527. The van der Waals surface area contributed by atoms with Crippen molar-refractivity contribution in [1.82, 2.24) is 0 Å². The first kappa shape index (κ1) is 9.15. The van der Waals surface area contributed by atoms with Crippen molar-refractivity contribution in [2.24, 2.45) is 0 Å². The number of hydrogen-bond acceptors (Lipinski definition) is 0. The molecule has 0 aliphatic heterocycles. The number of hydrogen-bond donors (Lipinski definition) is 0. The van der Waals surface area contributed by atoms with Crippen LogP contribution in [-0.4, -0.2) is 0 Å². The summed E-state index contributed by atoms with van der Waals surface area (Å²) in [6.45, 7) is 7.13. The fourth-order valence-corrected chi connectivity index (χ4v) is 0.699. The summed E-state index contributed by atoms with van der Waals surface area (Å²) in [6, 6.07) is 0. The van der Waals surface area contributed by atoms with Crippen molar-refractivity contribution in [2.75, 3.05) is 0 Å². The Hall–Kier alpha value is -0.850. The smallest absolute Gasteiger partial charge is 0.125 e. The van der Waals surface area contributed by atoms with E-state index >= 15 is 0 Å². The molecule has 0 aliphatic carbocycles. The second kappa shape index (κ2) is 4.98. The lowest BCUT2D eigenvalue weighted by Crippen LogP contribution is -1.77. The second-order valence-electron chi connectivity index (χ2n) is 1.93. The van der Waals surface area contributed by atoms with E-state index in [4.69, 9.17) is 0 Å². The van der Waals surface area contributed by atoms with E-state index < -0.39 is 0 Å². The van der Waals surface area contributed by atoms with Gasteiger partial charge in [0, 0.05) is 0 Å². The van der Waals surface area contributed by atoms with E-state index in [2.05, 4.69) is 6.58 Å². The van der Waals surface area contributed by atoms with Gasteiger partial charge in [-0.05, 0) is 25.0 Å². The molecule has 0 rings (SSSR count). The molecule has 0 saturated carbocycles. The summed E-state index contributed by atoms with van der Waals surface area (Å²) in [6.07, 6.45) is 5.53. The third-order valence-electron chi connectivity index (χ3n) is 1.23. The highest BCUT2D eigenvalue weighted by atomic mass is 19.1. The Morgan fingerprint density at radius 3 is 2.50 bits per heavy atom. The molecule has 0 radical (unpaired) electrons. The van der Waals surface area contributed by atoms with Gasteiger partial charge in [-0.25, -0.2) is 4.39 Å². The van der Waals surface area contributed by atoms with Gasteiger partial charge in [-0.1, -0.05) is 25.7 Å². The molecule has 0 fully saturated rings. The first-order chi connectivity index (χ1) is 4.76. The van der Waals surface area contributed by atoms with Crippen molar-refractivity contribution in [3.63, 3.8) is 0 Å². The molecule has 0 aromatic carbocycles. The Morgan fingerprint density at radius 1 is 1.60 bits per heavy atom. The van der Waals surface area contributed by atoms with Gasteiger partial charge in [-0.15, -0.1) is 0 Å². The van der Waals surface area contributed by atoms with Gasteiger partial charge in [0.1, 0.15) is 5.83 Å². The fraction of sp³-hybridized carbons (Fsp3) is 0.333. The SMILES string of the molecule is C=CC(F)=C(C=CC)CC. The molecule has 0 bridgehead atoms. The molecule has 0 atom stereocenters. The van der Waals surface area contributed by atoms with Gasteiger partial charge in [0.05, 0.1) is 0 Å². The third-order valence-corrected chi connectivity index (χ3v) is 1.23. The maximum atomic E-state index is 12.7. The predicted octanol–water partition coefficient (Wildman–Crippen LogP) is 3.38. The van der Waals surface area contributed by atoms with Crippen LogP contribution in [-0.2, 0) is 0 Å². The highest BCUT2D eigenvalue weighted by Gasteiger charge is 1.94. The summed E-state index contributed by atoms with van der Waals surface area (Å²) in [7, 11) is 0. The van der Waals surface area contributed by atoms with Gasteiger partial charge in [0.15, 0.2) is 0 Å². The van der Waals surface area contributed by atoms with Crippen molar-refractivity contribution in [2.45, 2.75) is 20.3 Å². The summed E-state index contributed by atoms with van der Waals surface area (Å²) in [4.78, 5) is 0. The highest BCUT2D eigenvalue weighted by molar-refractivity contribution is 5.26.